The quantitative estimate of drug-likeness (QED) is 0.756. The second kappa shape index (κ2) is 7.67. The first-order chi connectivity index (χ1) is 8.17. The summed E-state index contributed by atoms with van der Waals surface area (Å²) in [6, 6.07) is 0.252. The van der Waals surface area contributed by atoms with Crippen LogP contribution in [-0.2, 0) is 4.79 Å². The van der Waals surface area contributed by atoms with Gasteiger partial charge in [-0.3, -0.25) is 9.69 Å². The third-order valence-electron chi connectivity index (χ3n) is 3.24. The van der Waals surface area contributed by atoms with Crippen LogP contribution in [-0.4, -0.2) is 54.5 Å². The van der Waals surface area contributed by atoms with Gasteiger partial charge in [0.1, 0.15) is 0 Å². The van der Waals surface area contributed by atoms with Crippen LogP contribution in [0.4, 0.5) is 0 Å². The standard InChI is InChI=1S/C13H27N3O/c1-3-7-16(8-4-2)13(17)11-15-9-5-6-12(14)10-15/h12H,3-11,14H2,1-2H3/t12-/m1/s1. The van der Waals surface area contributed by atoms with E-state index in [1.165, 1.54) is 0 Å². The monoisotopic (exact) mass is 241 g/mol. The first-order valence-corrected chi connectivity index (χ1v) is 6.93. The number of hydrogen-bond acceptors (Lipinski definition) is 3. The first kappa shape index (κ1) is 14.5. The molecule has 0 aliphatic carbocycles. The minimum Gasteiger partial charge on any atom is -0.342 e. The highest BCUT2D eigenvalue weighted by Gasteiger charge is 2.21. The fourth-order valence-electron chi connectivity index (χ4n) is 2.43. The molecule has 1 fully saturated rings. The van der Waals surface area contributed by atoms with Crippen molar-refractivity contribution in [3.05, 3.63) is 0 Å². The van der Waals surface area contributed by atoms with Crippen molar-refractivity contribution in [1.82, 2.24) is 9.80 Å². The average molecular weight is 241 g/mol. The van der Waals surface area contributed by atoms with Gasteiger partial charge in [0.2, 0.25) is 5.91 Å². The van der Waals surface area contributed by atoms with E-state index in [0.717, 1.165) is 51.9 Å². The lowest BCUT2D eigenvalue weighted by molar-refractivity contribution is -0.132. The van der Waals surface area contributed by atoms with Crippen LogP contribution in [0.1, 0.15) is 39.5 Å². The molecule has 0 unspecified atom stereocenters. The molecule has 0 bridgehead atoms. The van der Waals surface area contributed by atoms with E-state index in [2.05, 4.69) is 18.7 Å². The third kappa shape index (κ3) is 5.04. The number of carbonyl (C=O) groups is 1. The summed E-state index contributed by atoms with van der Waals surface area (Å²) in [5.74, 6) is 0.266. The summed E-state index contributed by atoms with van der Waals surface area (Å²) in [6.45, 7) is 8.44. The van der Waals surface area contributed by atoms with E-state index in [1.807, 2.05) is 4.90 Å². The van der Waals surface area contributed by atoms with Crippen molar-refractivity contribution in [3.8, 4) is 0 Å². The van der Waals surface area contributed by atoms with E-state index in [0.29, 0.717) is 6.54 Å². The fraction of sp³-hybridized carbons (Fsp3) is 0.923. The molecule has 1 amide bonds. The van der Waals surface area contributed by atoms with Crippen LogP contribution in [0.25, 0.3) is 0 Å². The number of hydrogen-bond donors (Lipinski definition) is 1. The molecule has 1 atom stereocenters. The molecule has 0 aromatic carbocycles. The molecule has 0 radical (unpaired) electrons. The van der Waals surface area contributed by atoms with Crippen LogP contribution in [0, 0.1) is 0 Å². The van der Waals surface area contributed by atoms with Gasteiger partial charge in [-0.25, -0.2) is 0 Å². The van der Waals surface area contributed by atoms with Gasteiger partial charge in [0.05, 0.1) is 6.54 Å². The highest BCUT2D eigenvalue weighted by atomic mass is 16.2. The summed E-state index contributed by atoms with van der Waals surface area (Å²) in [4.78, 5) is 16.3. The molecule has 1 aliphatic rings. The molecule has 1 heterocycles. The Balaban J connectivity index is 2.39. The van der Waals surface area contributed by atoms with E-state index in [9.17, 15) is 4.79 Å². The molecule has 1 rings (SSSR count). The number of piperidine rings is 1. The van der Waals surface area contributed by atoms with Crippen molar-refractivity contribution in [2.75, 3.05) is 32.7 Å². The first-order valence-electron chi connectivity index (χ1n) is 6.93. The van der Waals surface area contributed by atoms with Gasteiger partial charge in [0.25, 0.3) is 0 Å². The van der Waals surface area contributed by atoms with Gasteiger partial charge >= 0.3 is 0 Å². The SMILES string of the molecule is CCCN(CCC)C(=O)CN1CCC[C@@H](N)C1. The Labute approximate surface area is 105 Å². The fourth-order valence-corrected chi connectivity index (χ4v) is 2.43. The topological polar surface area (TPSA) is 49.6 Å². The second-order valence-corrected chi connectivity index (χ2v) is 5.02. The van der Waals surface area contributed by atoms with Crippen LogP contribution in [0.5, 0.6) is 0 Å². The number of amides is 1. The van der Waals surface area contributed by atoms with Crippen molar-refractivity contribution in [2.24, 2.45) is 5.73 Å². The molecule has 100 valence electrons. The van der Waals surface area contributed by atoms with Gasteiger partial charge in [0.15, 0.2) is 0 Å². The zero-order valence-electron chi connectivity index (χ0n) is 11.3. The van der Waals surface area contributed by atoms with E-state index in [1.54, 1.807) is 0 Å². The zero-order chi connectivity index (χ0) is 12.7. The van der Waals surface area contributed by atoms with E-state index < -0.39 is 0 Å². The number of carbonyl (C=O) groups excluding carboxylic acids is 1. The number of nitrogens with zero attached hydrogens (tertiary/aromatic N) is 2. The molecule has 0 aromatic rings. The zero-order valence-corrected chi connectivity index (χ0v) is 11.3. The van der Waals surface area contributed by atoms with Crippen LogP contribution in [0.15, 0.2) is 0 Å². The Kier molecular flexibility index (Phi) is 6.52. The van der Waals surface area contributed by atoms with Crippen molar-refractivity contribution in [1.29, 1.82) is 0 Å². The number of rotatable bonds is 6. The lowest BCUT2D eigenvalue weighted by Gasteiger charge is -2.32. The Hall–Kier alpha value is -0.610. The van der Waals surface area contributed by atoms with E-state index in [4.69, 9.17) is 5.73 Å². The molecule has 1 aliphatic heterocycles. The highest BCUT2D eigenvalue weighted by Crippen LogP contribution is 2.08. The molecule has 4 heteroatoms. The van der Waals surface area contributed by atoms with Crippen LogP contribution in [0.3, 0.4) is 0 Å². The normalized spacial score (nSPS) is 21.5. The maximum atomic E-state index is 12.1. The average Bonchev–Trinajstić information content (AvgIpc) is 2.28. The molecule has 1 saturated heterocycles. The van der Waals surface area contributed by atoms with Gasteiger partial charge in [0, 0.05) is 25.7 Å². The third-order valence-corrected chi connectivity index (χ3v) is 3.24. The molecule has 0 spiro atoms. The summed E-state index contributed by atoms with van der Waals surface area (Å²) >= 11 is 0. The maximum Gasteiger partial charge on any atom is 0.236 e. The summed E-state index contributed by atoms with van der Waals surface area (Å²) in [7, 11) is 0. The van der Waals surface area contributed by atoms with Gasteiger partial charge in [-0.2, -0.15) is 0 Å². The second-order valence-electron chi connectivity index (χ2n) is 5.02. The summed E-state index contributed by atoms with van der Waals surface area (Å²) < 4.78 is 0. The lowest BCUT2D eigenvalue weighted by Crippen LogP contribution is -2.48. The van der Waals surface area contributed by atoms with Crippen LogP contribution >= 0.6 is 0 Å². The van der Waals surface area contributed by atoms with Gasteiger partial charge < -0.3 is 10.6 Å². The van der Waals surface area contributed by atoms with Crippen molar-refractivity contribution < 1.29 is 4.79 Å². The van der Waals surface area contributed by atoms with Gasteiger partial charge in [-0.05, 0) is 32.2 Å². The molecule has 0 saturated carbocycles. The predicted octanol–water partition coefficient (Wildman–Crippen LogP) is 1.06. The summed E-state index contributed by atoms with van der Waals surface area (Å²) in [5.41, 5.74) is 5.93. The highest BCUT2D eigenvalue weighted by molar-refractivity contribution is 5.78. The van der Waals surface area contributed by atoms with Crippen molar-refractivity contribution >= 4 is 5.91 Å². The number of nitrogens with two attached hydrogens (primary N) is 1. The molecule has 2 N–H and O–H groups in total. The summed E-state index contributed by atoms with van der Waals surface area (Å²) in [5, 5.41) is 0. The van der Waals surface area contributed by atoms with Gasteiger partial charge in [-0.15, -0.1) is 0 Å². The smallest absolute Gasteiger partial charge is 0.236 e. The molecule has 0 aromatic heterocycles. The molecular weight excluding hydrogens is 214 g/mol. The minimum absolute atomic E-state index is 0.252. The minimum atomic E-state index is 0.252. The van der Waals surface area contributed by atoms with Crippen molar-refractivity contribution in [2.45, 2.75) is 45.6 Å². The van der Waals surface area contributed by atoms with E-state index in [-0.39, 0.29) is 11.9 Å². The molecule has 4 nitrogen and oxygen atoms in total. The van der Waals surface area contributed by atoms with Crippen molar-refractivity contribution in [3.63, 3.8) is 0 Å². The van der Waals surface area contributed by atoms with Crippen LogP contribution < -0.4 is 5.73 Å². The molecular formula is C13H27N3O. The Morgan fingerprint density at radius 2 is 2.00 bits per heavy atom. The number of likely N-dealkylation sites (tertiary alicyclic amines) is 1. The summed E-state index contributed by atoms with van der Waals surface area (Å²) in [6.07, 6.45) is 4.28. The largest absolute Gasteiger partial charge is 0.342 e. The predicted molar refractivity (Wildman–Crippen MR) is 70.8 cm³/mol. The van der Waals surface area contributed by atoms with Crippen LogP contribution in [0.2, 0.25) is 0 Å². The van der Waals surface area contributed by atoms with E-state index >= 15 is 0 Å². The Morgan fingerprint density at radius 3 is 2.53 bits per heavy atom. The Morgan fingerprint density at radius 1 is 1.35 bits per heavy atom. The Bertz CT molecular complexity index is 227. The molecule has 17 heavy (non-hydrogen) atoms. The van der Waals surface area contributed by atoms with Gasteiger partial charge in [-0.1, -0.05) is 13.8 Å². The lowest BCUT2D eigenvalue weighted by atomic mass is 10.1. The maximum absolute atomic E-state index is 12.1.